The number of hydrogen-bond donors (Lipinski definition) is 1. The largest absolute Gasteiger partial charge is 0.460 e. The molecule has 1 aliphatic heterocycles. The maximum Gasteiger partial charge on any atom is 0.408 e. The standard InChI is InChI=1S/C41H63NO7/c1-6-7-8-9-10-11-12-13-14-15-22-27-37(33(3)38-32(2)28-47-41(4,5)49-38)48-39(43)36(31-45-29-34-23-18-16-19-24-34)42-40(44)46-30-35-25-20-17-21-26-35/h16-21,23-26,32-33,36-38H,6-15,22,27-31H2,1-5H3,(H,42,44)/t32-,33-,36-,37+,38-/m0/s1. The van der Waals surface area contributed by atoms with Crippen LogP contribution in [-0.2, 0) is 41.7 Å². The summed E-state index contributed by atoms with van der Waals surface area (Å²) in [6.07, 6.45) is 13.2. The first-order chi connectivity index (χ1) is 23.7. The average molecular weight is 682 g/mol. The third-order valence-electron chi connectivity index (χ3n) is 9.32. The lowest BCUT2D eigenvalue weighted by Crippen LogP contribution is -2.51. The summed E-state index contributed by atoms with van der Waals surface area (Å²) >= 11 is 0. The van der Waals surface area contributed by atoms with E-state index in [0.717, 1.165) is 24.0 Å². The number of rotatable bonds is 23. The highest BCUT2D eigenvalue weighted by molar-refractivity contribution is 5.81. The summed E-state index contributed by atoms with van der Waals surface area (Å²) in [5, 5.41) is 2.72. The van der Waals surface area contributed by atoms with E-state index in [9.17, 15) is 9.59 Å². The van der Waals surface area contributed by atoms with Crippen molar-refractivity contribution in [2.75, 3.05) is 13.2 Å². The molecule has 2 aromatic carbocycles. The number of carbonyl (C=O) groups is 2. The number of carbonyl (C=O) groups excluding carboxylic acids is 2. The van der Waals surface area contributed by atoms with Gasteiger partial charge in [0.25, 0.3) is 0 Å². The quantitative estimate of drug-likeness (QED) is 0.0923. The van der Waals surface area contributed by atoms with Gasteiger partial charge < -0.3 is 29.0 Å². The van der Waals surface area contributed by atoms with E-state index in [0.29, 0.717) is 19.6 Å². The Morgan fingerprint density at radius 3 is 1.98 bits per heavy atom. The van der Waals surface area contributed by atoms with Crippen LogP contribution in [0.25, 0.3) is 0 Å². The summed E-state index contributed by atoms with van der Waals surface area (Å²) in [5.41, 5.74) is 1.82. The third-order valence-corrected chi connectivity index (χ3v) is 9.32. The van der Waals surface area contributed by atoms with E-state index in [1.165, 1.54) is 57.8 Å². The predicted octanol–water partition coefficient (Wildman–Crippen LogP) is 9.53. The molecule has 1 amide bonds. The van der Waals surface area contributed by atoms with E-state index in [-0.39, 0.29) is 31.2 Å². The monoisotopic (exact) mass is 681 g/mol. The topological polar surface area (TPSA) is 92.3 Å². The minimum absolute atomic E-state index is 0.0507. The van der Waals surface area contributed by atoms with Crippen molar-refractivity contribution in [3.05, 3.63) is 71.8 Å². The molecule has 0 aromatic heterocycles. The Morgan fingerprint density at radius 1 is 0.837 bits per heavy atom. The number of esters is 1. The summed E-state index contributed by atoms with van der Waals surface area (Å²) in [7, 11) is 0. The Kier molecular flexibility index (Phi) is 18.8. The molecule has 5 atom stereocenters. The second-order valence-corrected chi connectivity index (χ2v) is 14.2. The molecule has 2 aromatic rings. The summed E-state index contributed by atoms with van der Waals surface area (Å²) in [6.45, 7) is 11.2. The zero-order valence-electron chi connectivity index (χ0n) is 30.8. The van der Waals surface area contributed by atoms with E-state index in [1.54, 1.807) is 0 Å². The van der Waals surface area contributed by atoms with Crippen LogP contribution in [0, 0.1) is 11.8 Å². The first-order valence-electron chi connectivity index (χ1n) is 18.8. The van der Waals surface area contributed by atoms with Crippen LogP contribution in [0.4, 0.5) is 4.79 Å². The zero-order valence-corrected chi connectivity index (χ0v) is 30.8. The molecule has 8 nitrogen and oxygen atoms in total. The van der Waals surface area contributed by atoms with E-state index >= 15 is 0 Å². The SMILES string of the molecule is CCCCCCCCCCCCC[C@@H](OC(=O)[C@H](COCc1ccccc1)NC(=O)OCc1ccccc1)[C@H](C)[C@H]1OC(C)(C)OC[C@@H]1C. The molecule has 0 saturated carbocycles. The van der Waals surface area contributed by atoms with Crippen molar-refractivity contribution in [3.63, 3.8) is 0 Å². The number of benzene rings is 2. The highest BCUT2D eigenvalue weighted by Gasteiger charge is 2.41. The molecule has 3 rings (SSSR count). The van der Waals surface area contributed by atoms with Crippen LogP contribution in [0.15, 0.2) is 60.7 Å². The Bertz CT molecular complexity index is 1170. The lowest BCUT2D eigenvalue weighted by Gasteiger charge is -2.44. The van der Waals surface area contributed by atoms with Crippen molar-refractivity contribution in [3.8, 4) is 0 Å². The number of amides is 1. The van der Waals surface area contributed by atoms with Gasteiger partial charge in [-0.3, -0.25) is 0 Å². The van der Waals surface area contributed by atoms with Gasteiger partial charge in [-0.1, -0.05) is 146 Å². The van der Waals surface area contributed by atoms with Gasteiger partial charge in [0.1, 0.15) is 12.7 Å². The summed E-state index contributed by atoms with van der Waals surface area (Å²) < 4.78 is 30.0. The third kappa shape index (κ3) is 16.1. The van der Waals surface area contributed by atoms with Crippen LogP contribution in [-0.4, -0.2) is 49.3 Å². The molecular weight excluding hydrogens is 618 g/mol. The second-order valence-electron chi connectivity index (χ2n) is 14.2. The van der Waals surface area contributed by atoms with Crippen LogP contribution >= 0.6 is 0 Å². The molecule has 0 bridgehead atoms. The first-order valence-corrected chi connectivity index (χ1v) is 18.8. The van der Waals surface area contributed by atoms with Crippen molar-refractivity contribution in [2.24, 2.45) is 11.8 Å². The Hall–Kier alpha value is -2.94. The molecule has 1 heterocycles. The number of alkyl carbamates (subject to hydrolysis) is 1. The Balaban J connectivity index is 1.62. The minimum atomic E-state index is -1.04. The van der Waals surface area contributed by atoms with Crippen molar-refractivity contribution < 1.29 is 33.3 Å². The Morgan fingerprint density at radius 2 is 1.39 bits per heavy atom. The molecule has 49 heavy (non-hydrogen) atoms. The van der Waals surface area contributed by atoms with E-state index in [2.05, 4.69) is 26.1 Å². The van der Waals surface area contributed by atoms with Crippen LogP contribution < -0.4 is 5.32 Å². The van der Waals surface area contributed by atoms with E-state index < -0.39 is 30.0 Å². The number of unbranched alkanes of at least 4 members (excludes halogenated alkanes) is 10. The molecule has 1 fully saturated rings. The molecule has 0 radical (unpaired) electrons. The zero-order chi connectivity index (χ0) is 35.3. The van der Waals surface area contributed by atoms with Crippen LogP contribution in [0.3, 0.4) is 0 Å². The maximum absolute atomic E-state index is 13.9. The van der Waals surface area contributed by atoms with Gasteiger partial charge in [-0.15, -0.1) is 0 Å². The molecule has 0 unspecified atom stereocenters. The average Bonchev–Trinajstić information content (AvgIpc) is 3.10. The highest BCUT2D eigenvalue weighted by Crippen LogP contribution is 2.34. The van der Waals surface area contributed by atoms with Gasteiger partial charge in [0.05, 0.1) is 25.9 Å². The molecule has 274 valence electrons. The van der Waals surface area contributed by atoms with Crippen LogP contribution in [0.2, 0.25) is 0 Å². The summed E-state index contributed by atoms with van der Waals surface area (Å²) in [6, 6.07) is 18.1. The van der Waals surface area contributed by atoms with Crippen molar-refractivity contribution >= 4 is 12.1 Å². The summed E-state index contributed by atoms with van der Waals surface area (Å²) in [4.78, 5) is 26.8. The predicted molar refractivity (Wildman–Crippen MR) is 194 cm³/mol. The summed E-state index contributed by atoms with van der Waals surface area (Å²) in [5.74, 6) is -1.20. The van der Waals surface area contributed by atoms with E-state index in [1.807, 2.05) is 74.5 Å². The van der Waals surface area contributed by atoms with Gasteiger partial charge in [0.15, 0.2) is 11.8 Å². The lowest BCUT2D eigenvalue weighted by molar-refractivity contribution is -0.304. The van der Waals surface area contributed by atoms with Gasteiger partial charge >= 0.3 is 12.1 Å². The fourth-order valence-electron chi connectivity index (χ4n) is 6.36. The maximum atomic E-state index is 13.9. The Labute approximate surface area is 296 Å². The van der Waals surface area contributed by atoms with Crippen molar-refractivity contribution in [1.29, 1.82) is 0 Å². The minimum Gasteiger partial charge on any atom is -0.460 e. The van der Waals surface area contributed by atoms with Gasteiger partial charge in [-0.2, -0.15) is 0 Å². The van der Waals surface area contributed by atoms with Crippen LogP contribution in [0.1, 0.15) is 123 Å². The molecule has 8 heteroatoms. The van der Waals surface area contributed by atoms with Crippen LogP contribution in [0.5, 0.6) is 0 Å². The first kappa shape index (κ1) is 40.5. The number of ether oxygens (including phenoxy) is 5. The van der Waals surface area contributed by atoms with Gasteiger partial charge in [-0.25, -0.2) is 9.59 Å². The smallest absolute Gasteiger partial charge is 0.408 e. The van der Waals surface area contributed by atoms with Crippen molar-refractivity contribution in [1.82, 2.24) is 5.32 Å². The molecular formula is C41H63NO7. The molecule has 0 aliphatic carbocycles. The fraction of sp³-hybridized carbons (Fsp3) is 0.659. The van der Waals surface area contributed by atoms with Gasteiger partial charge in [0.2, 0.25) is 0 Å². The second kappa shape index (κ2) is 22.7. The van der Waals surface area contributed by atoms with Crippen molar-refractivity contribution in [2.45, 2.75) is 149 Å². The highest BCUT2D eigenvalue weighted by atomic mass is 16.7. The molecule has 0 spiro atoms. The normalized spacial score (nSPS) is 19.0. The lowest BCUT2D eigenvalue weighted by atomic mass is 9.86. The molecule has 1 saturated heterocycles. The van der Waals surface area contributed by atoms with Gasteiger partial charge in [0, 0.05) is 11.8 Å². The molecule has 1 aliphatic rings. The fourth-order valence-corrected chi connectivity index (χ4v) is 6.36. The van der Waals surface area contributed by atoms with E-state index in [4.69, 9.17) is 23.7 Å². The number of nitrogens with one attached hydrogen (secondary N) is 1. The molecule has 1 N–H and O–H groups in total. The van der Waals surface area contributed by atoms with Gasteiger partial charge in [-0.05, 0) is 37.8 Å². The number of hydrogen-bond acceptors (Lipinski definition) is 7.